The Morgan fingerprint density at radius 1 is 1.12 bits per heavy atom. The second kappa shape index (κ2) is 28.6. The fraction of sp³-hybridized carbons (Fsp3) is 0. The van der Waals surface area contributed by atoms with Gasteiger partial charge in [0.05, 0.1) is 5.09 Å². The van der Waals surface area contributed by atoms with E-state index >= 15 is 0 Å². The first kappa shape index (κ1) is 44.7. The summed E-state index contributed by atoms with van der Waals surface area (Å²) in [5.74, 6) is 0. The Morgan fingerprint density at radius 3 is 1.12 bits per heavy atom. The number of hydrogen-bond acceptors (Lipinski definition) is 3. The minimum absolute atomic E-state index is 0. The van der Waals surface area contributed by atoms with Crippen LogP contribution in [0, 0.1) is 15.3 Å². The fourth-order valence-corrected chi connectivity index (χ4v) is 0. The minimum atomic E-state index is -1.75. The summed E-state index contributed by atoms with van der Waals surface area (Å²) in [5.41, 5.74) is 0. The van der Waals surface area contributed by atoms with Gasteiger partial charge in [0.2, 0.25) is 0 Å². The van der Waals surface area contributed by atoms with Gasteiger partial charge in [-0.1, -0.05) is 0 Å². The molecule has 8 heteroatoms. The van der Waals surface area contributed by atoms with Crippen LogP contribution in [0.5, 0.6) is 0 Å². The van der Waals surface area contributed by atoms with Gasteiger partial charge in [0.25, 0.3) is 0 Å². The molecule has 0 unspecified atom stereocenters. The molecule has 0 fully saturated rings. The summed E-state index contributed by atoms with van der Waals surface area (Å²) in [4.78, 5) is 8.25. The zero-order valence-corrected chi connectivity index (χ0v) is 6.67. The molecule has 0 saturated carbocycles. The third-order valence-electron chi connectivity index (χ3n) is 0. The van der Waals surface area contributed by atoms with Crippen molar-refractivity contribution in [2.24, 2.45) is 0 Å². The van der Waals surface area contributed by atoms with Gasteiger partial charge in [0.15, 0.2) is 0 Å². The van der Waals surface area contributed by atoms with E-state index in [1.54, 1.807) is 0 Å². The Kier molecular flexibility index (Phi) is 160. The van der Waals surface area contributed by atoms with Crippen LogP contribution in [0.2, 0.25) is 0 Å². The predicted molar refractivity (Wildman–Crippen MR) is 29.3 cm³/mol. The molecule has 0 aliphatic carbocycles. The van der Waals surface area contributed by atoms with Gasteiger partial charge >= 0.3 is 0 Å². The SMILES string of the molecule is O.O.O=[N+]([O-])[O-].[NH4+].[Sb]. The van der Waals surface area contributed by atoms with Crippen molar-refractivity contribution in [3.63, 3.8) is 0 Å². The van der Waals surface area contributed by atoms with Crippen molar-refractivity contribution >= 4 is 24.4 Å². The molecule has 0 heterocycles. The molecule has 0 spiro atoms. The van der Waals surface area contributed by atoms with E-state index in [0.29, 0.717) is 0 Å². The maximum Gasteiger partial charge on any atom is 0.0689 e. The molecule has 0 aromatic carbocycles. The van der Waals surface area contributed by atoms with Crippen LogP contribution in [0.3, 0.4) is 0 Å². The zero-order chi connectivity index (χ0) is 3.58. The Labute approximate surface area is 62.4 Å². The molecule has 0 rings (SSSR count). The quantitative estimate of drug-likeness (QED) is 0.296. The molecule has 0 aliphatic heterocycles. The summed E-state index contributed by atoms with van der Waals surface area (Å²) in [6.07, 6.45) is 0. The molecule has 0 aliphatic rings. The van der Waals surface area contributed by atoms with Crippen LogP contribution in [0.1, 0.15) is 0 Å². The van der Waals surface area contributed by atoms with Crippen molar-refractivity contribution in [3.8, 4) is 0 Å². The van der Waals surface area contributed by atoms with Gasteiger partial charge < -0.3 is 32.4 Å². The topological polar surface area (TPSA) is 166 Å². The van der Waals surface area contributed by atoms with Gasteiger partial charge in [-0.15, -0.1) is 0 Å². The third kappa shape index (κ3) is 13700. The molecule has 0 bridgehead atoms. The Hall–Kier alpha value is -0.102. The van der Waals surface area contributed by atoms with Crippen LogP contribution in [0.25, 0.3) is 0 Å². The molecule has 8 heavy (non-hydrogen) atoms. The van der Waals surface area contributed by atoms with Crippen molar-refractivity contribution in [1.82, 2.24) is 6.15 Å². The minimum Gasteiger partial charge on any atom is -0.412 e. The molecule has 53 valence electrons. The predicted octanol–water partition coefficient (Wildman–Crippen LogP) is -1.89. The van der Waals surface area contributed by atoms with Gasteiger partial charge in [-0.3, -0.25) is 0 Å². The average molecular weight is 238 g/mol. The third-order valence-corrected chi connectivity index (χ3v) is 0. The smallest absolute Gasteiger partial charge is 0.0689 e. The first-order valence-electron chi connectivity index (χ1n) is 0.548. The second-order valence-electron chi connectivity index (χ2n) is 0.224. The molecule has 0 aromatic rings. The Balaban J connectivity index is -0.00000000750. The Morgan fingerprint density at radius 2 is 1.12 bits per heavy atom. The van der Waals surface area contributed by atoms with Crippen LogP contribution >= 0.6 is 0 Å². The van der Waals surface area contributed by atoms with E-state index in [-0.39, 0.29) is 41.5 Å². The molecule has 7 nitrogen and oxygen atoms in total. The van der Waals surface area contributed by atoms with Crippen LogP contribution in [-0.2, 0) is 0 Å². The van der Waals surface area contributed by atoms with E-state index in [1.165, 1.54) is 0 Å². The van der Waals surface area contributed by atoms with Gasteiger partial charge in [-0.2, -0.15) is 0 Å². The average Bonchev–Trinajstić information content (AvgIpc) is 0.811. The van der Waals surface area contributed by atoms with Crippen molar-refractivity contribution in [3.05, 3.63) is 15.3 Å². The van der Waals surface area contributed by atoms with E-state index in [9.17, 15) is 0 Å². The summed E-state index contributed by atoms with van der Waals surface area (Å²) < 4.78 is 0. The molecular weight excluding hydrogens is 230 g/mol. The van der Waals surface area contributed by atoms with Crippen LogP contribution in [0.4, 0.5) is 0 Å². The largest absolute Gasteiger partial charge is 0.412 e. The molecular formula is H8N2O5Sb. The van der Waals surface area contributed by atoms with Crippen LogP contribution in [0.15, 0.2) is 0 Å². The first-order valence-corrected chi connectivity index (χ1v) is 0.548. The number of hydrogen-bond donors (Lipinski definition) is 1. The van der Waals surface area contributed by atoms with Crippen molar-refractivity contribution in [2.75, 3.05) is 0 Å². The molecule has 0 amide bonds. The van der Waals surface area contributed by atoms with E-state index in [1.807, 2.05) is 0 Å². The molecule has 8 N–H and O–H groups in total. The van der Waals surface area contributed by atoms with Gasteiger partial charge in [0.1, 0.15) is 0 Å². The molecule has 0 aromatic heterocycles. The maximum absolute atomic E-state index is 8.25. The number of nitrogens with zero attached hydrogens (tertiary/aromatic N) is 1. The normalized spacial score (nSPS) is 3.00. The van der Waals surface area contributed by atoms with Gasteiger partial charge in [0, 0.05) is 24.4 Å². The van der Waals surface area contributed by atoms with E-state index in [0.717, 1.165) is 0 Å². The summed E-state index contributed by atoms with van der Waals surface area (Å²) in [7, 11) is 0. The van der Waals surface area contributed by atoms with Crippen molar-refractivity contribution < 1.29 is 16.0 Å². The molecule has 0 atom stereocenters. The maximum atomic E-state index is 8.25. The molecule has 3 radical (unpaired) electrons. The standard InChI is InChI=1S/NO3.H3N.2H2O.Sb/c2-1(3)4;;;;/h;1H3;2*1H2;/q-1;;;;/p+1. The van der Waals surface area contributed by atoms with Crippen molar-refractivity contribution in [2.45, 2.75) is 0 Å². The zero-order valence-electron chi connectivity index (χ0n) is 4.12. The first-order chi connectivity index (χ1) is 1.73. The summed E-state index contributed by atoms with van der Waals surface area (Å²) in [6, 6.07) is 0. The van der Waals surface area contributed by atoms with Crippen LogP contribution in [-0.4, -0.2) is 40.5 Å². The summed E-state index contributed by atoms with van der Waals surface area (Å²) in [5, 5.41) is 14.8. The van der Waals surface area contributed by atoms with E-state index in [4.69, 9.17) is 15.3 Å². The fourth-order valence-electron chi connectivity index (χ4n) is 0. The van der Waals surface area contributed by atoms with Crippen LogP contribution < -0.4 is 6.15 Å². The number of rotatable bonds is 0. The monoisotopic (exact) mass is 237 g/mol. The number of quaternary nitrogens is 1. The van der Waals surface area contributed by atoms with E-state index in [2.05, 4.69) is 0 Å². The molecule has 0 saturated heterocycles. The van der Waals surface area contributed by atoms with Gasteiger partial charge in [-0.25, -0.2) is 0 Å². The summed E-state index contributed by atoms with van der Waals surface area (Å²) >= 11 is 0. The Bertz CT molecular complexity index is 33.4. The second-order valence-corrected chi connectivity index (χ2v) is 0.224. The van der Waals surface area contributed by atoms with Crippen molar-refractivity contribution in [1.29, 1.82) is 0 Å². The van der Waals surface area contributed by atoms with E-state index < -0.39 is 5.09 Å². The summed E-state index contributed by atoms with van der Waals surface area (Å²) in [6.45, 7) is 0. The van der Waals surface area contributed by atoms with Gasteiger partial charge in [-0.05, 0) is 0 Å².